The molecule has 2 aliphatic rings. The maximum atomic E-state index is 11.9. The van der Waals surface area contributed by atoms with Crippen molar-refractivity contribution in [3.8, 4) is 0 Å². The van der Waals surface area contributed by atoms with Crippen molar-refractivity contribution in [2.75, 3.05) is 13.1 Å². The summed E-state index contributed by atoms with van der Waals surface area (Å²) < 4.78 is 0. The van der Waals surface area contributed by atoms with Crippen molar-refractivity contribution >= 4 is 6.03 Å². The van der Waals surface area contributed by atoms with Gasteiger partial charge in [0.1, 0.15) is 0 Å². The maximum Gasteiger partial charge on any atom is 0.315 e. The lowest BCUT2D eigenvalue weighted by molar-refractivity contribution is 0.0937. The summed E-state index contributed by atoms with van der Waals surface area (Å²) in [5, 5.41) is 0. The number of carbonyl (C=O) groups excluding carboxylic acids is 1. The number of hydrogen-bond donors (Lipinski definition) is 1. The number of nitrogens with zero attached hydrogens (tertiary/aromatic N) is 2. The molecule has 2 fully saturated rings. The van der Waals surface area contributed by atoms with E-state index in [2.05, 4.69) is 24.8 Å². The minimum atomic E-state index is -0.206. The molecule has 0 aromatic heterocycles. The monoisotopic (exact) mass is 293 g/mol. The van der Waals surface area contributed by atoms with Crippen LogP contribution in [0.25, 0.3) is 0 Å². The Morgan fingerprint density at radius 3 is 2.19 bits per heavy atom. The number of urea groups is 1. The lowest BCUT2D eigenvalue weighted by atomic mass is 9.91. The SMILES string of the molecule is C/C=C(/CC)N1CCC(N(C(N)=O)C2CCCCC2)CC1. The van der Waals surface area contributed by atoms with E-state index in [1.807, 2.05) is 4.90 Å². The van der Waals surface area contributed by atoms with Crippen molar-refractivity contribution in [2.45, 2.75) is 77.3 Å². The van der Waals surface area contributed by atoms with Crippen LogP contribution in [-0.2, 0) is 0 Å². The Hall–Kier alpha value is -1.19. The number of carbonyl (C=O) groups is 1. The van der Waals surface area contributed by atoms with Gasteiger partial charge >= 0.3 is 6.03 Å². The van der Waals surface area contributed by atoms with Crippen LogP contribution in [0.15, 0.2) is 11.8 Å². The van der Waals surface area contributed by atoms with Crippen LogP contribution in [0.1, 0.15) is 65.2 Å². The minimum Gasteiger partial charge on any atom is -0.375 e. The van der Waals surface area contributed by atoms with Gasteiger partial charge in [0, 0.05) is 30.9 Å². The van der Waals surface area contributed by atoms with Crippen LogP contribution in [0.5, 0.6) is 0 Å². The molecule has 1 aliphatic heterocycles. The highest BCUT2D eigenvalue weighted by atomic mass is 16.2. The van der Waals surface area contributed by atoms with E-state index >= 15 is 0 Å². The summed E-state index contributed by atoms with van der Waals surface area (Å²) in [6.45, 7) is 6.42. The van der Waals surface area contributed by atoms with Crippen LogP contribution >= 0.6 is 0 Å². The molecule has 4 heteroatoms. The van der Waals surface area contributed by atoms with E-state index in [1.54, 1.807) is 0 Å². The van der Waals surface area contributed by atoms with Gasteiger partial charge in [-0.25, -0.2) is 4.79 Å². The van der Waals surface area contributed by atoms with Gasteiger partial charge in [0.15, 0.2) is 0 Å². The van der Waals surface area contributed by atoms with Crippen molar-refractivity contribution < 1.29 is 4.79 Å². The van der Waals surface area contributed by atoms with Crippen LogP contribution in [0, 0.1) is 0 Å². The second-order valence-electron chi connectivity index (χ2n) is 6.39. The molecule has 0 bridgehead atoms. The molecular formula is C17H31N3O. The Labute approximate surface area is 129 Å². The number of hydrogen-bond acceptors (Lipinski definition) is 2. The fourth-order valence-electron chi connectivity index (χ4n) is 4.06. The minimum absolute atomic E-state index is 0.206. The summed E-state index contributed by atoms with van der Waals surface area (Å²) in [4.78, 5) is 16.4. The fourth-order valence-corrected chi connectivity index (χ4v) is 4.06. The molecule has 2 N–H and O–H groups in total. The standard InChI is InChI=1S/C17H31N3O/c1-3-14(4-2)19-12-10-16(11-13-19)20(17(18)21)15-8-6-5-7-9-15/h3,15-16H,4-13H2,1-2H3,(H2,18,21)/b14-3-. The van der Waals surface area contributed by atoms with Crippen LogP contribution in [0.3, 0.4) is 0 Å². The highest BCUT2D eigenvalue weighted by Crippen LogP contribution is 2.28. The number of amides is 2. The molecule has 0 atom stereocenters. The lowest BCUT2D eigenvalue weighted by Crippen LogP contribution is -2.53. The van der Waals surface area contributed by atoms with E-state index in [1.165, 1.54) is 25.0 Å². The van der Waals surface area contributed by atoms with E-state index in [0.29, 0.717) is 12.1 Å². The molecular weight excluding hydrogens is 262 g/mol. The van der Waals surface area contributed by atoms with E-state index in [-0.39, 0.29) is 6.03 Å². The third kappa shape index (κ3) is 3.92. The molecule has 1 saturated carbocycles. The molecule has 0 aromatic rings. The number of rotatable bonds is 4. The summed E-state index contributed by atoms with van der Waals surface area (Å²) in [5.74, 6) is 0. The zero-order valence-corrected chi connectivity index (χ0v) is 13.7. The number of nitrogens with two attached hydrogens (primary N) is 1. The molecule has 1 aliphatic carbocycles. The third-order valence-electron chi connectivity index (χ3n) is 5.18. The van der Waals surface area contributed by atoms with Gasteiger partial charge in [0.05, 0.1) is 0 Å². The van der Waals surface area contributed by atoms with Gasteiger partial charge in [-0.2, -0.15) is 0 Å². The Morgan fingerprint density at radius 2 is 1.71 bits per heavy atom. The summed E-state index contributed by atoms with van der Waals surface area (Å²) in [6.07, 6.45) is 11.5. The first-order valence-electron chi connectivity index (χ1n) is 8.65. The number of allylic oxidation sites excluding steroid dienone is 2. The number of piperidine rings is 1. The van der Waals surface area contributed by atoms with Gasteiger partial charge in [-0.1, -0.05) is 32.3 Å². The molecule has 1 heterocycles. The largest absolute Gasteiger partial charge is 0.375 e. The molecule has 4 nitrogen and oxygen atoms in total. The Morgan fingerprint density at radius 1 is 1.14 bits per heavy atom. The third-order valence-corrected chi connectivity index (χ3v) is 5.18. The van der Waals surface area contributed by atoms with Gasteiger partial charge in [-0.15, -0.1) is 0 Å². The van der Waals surface area contributed by atoms with Gasteiger partial charge in [0.25, 0.3) is 0 Å². The van der Waals surface area contributed by atoms with Crippen molar-refractivity contribution in [2.24, 2.45) is 5.73 Å². The van der Waals surface area contributed by atoms with Gasteiger partial charge in [-0.3, -0.25) is 0 Å². The number of primary amides is 1. The highest BCUT2D eigenvalue weighted by Gasteiger charge is 2.32. The summed E-state index contributed by atoms with van der Waals surface area (Å²) >= 11 is 0. The highest BCUT2D eigenvalue weighted by molar-refractivity contribution is 5.72. The summed E-state index contributed by atoms with van der Waals surface area (Å²) in [7, 11) is 0. The normalized spacial score (nSPS) is 22.4. The van der Waals surface area contributed by atoms with Crippen LogP contribution in [-0.4, -0.2) is 41.0 Å². The van der Waals surface area contributed by atoms with E-state index in [4.69, 9.17) is 5.73 Å². The lowest BCUT2D eigenvalue weighted by Gasteiger charge is -2.43. The second-order valence-corrected chi connectivity index (χ2v) is 6.39. The average molecular weight is 293 g/mol. The average Bonchev–Trinajstić information content (AvgIpc) is 2.51. The van der Waals surface area contributed by atoms with E-state index in [0.717, 1.165) is 45.2 Å². The molecule has 0 spiro atoms. The van der Waals surface area contributed by atoms with E-state index < -0.39 is 0 Å². The molecule has 0 unspecified atom stereocenters. The molecule has 2 rings (SSSR count). The Kier molecular flexibility index (Phi) is 5.95. The van der Waals surface area contributed by atoms with Crippen LogP contribution in [0.4, 0.5) is 4.79 Å². The topological polar surface area (TPSA) is 49.6 Å². The van der Waals surface area contributed by atoms with Crippen molar-refractivity contribution in [3.05, 3.63) is 11.8 Å². The molecule has 120 valence electrons. The van der Waals surface area contributed by atoms with Crippen LogP contribution < -0.4 is 5.73 Å². The molecule has 21 heavy (non-hydrogen) atoms. The van der Waals surface area contributed by atoms with Crippen molar-refractivity contribution in [1.82, 2.24) is 9.80 Å². The van der Waals surface area contributed by atoms with Gasteiger partial charge < -0.3 is 15.5 Å². The van der Waals surface area contributed by atoms with Crippen LogP contribution in [0.2, 0.25) is 0 Å². The fraction of sp³-hybridized carbons (Fsp3) is 0.824. The summed E-state index contributed by atoms with van der Waals surface area (Å²) in [6, 6.07) is 0.527. The molecule has 0 radical (unpaired) electrons. The van der Waals surface area contributed by atoms with Crippen molar-refractivity contribution in [1.29, 1.82) is 0 Å². The Bertz CT molecular complexity index is 366. The van der Waals surface area contributed by atoms with Gasteiger partial charge in [0.2, 0.25) is 0 Å². The first kappa shape index (κ1) is 16.2. The zero-order chi connectivity index (χ0) is 15.2. The second kappa shape index (κ2) is 7.71. The van der Waals surface area contributed by atoms with Crippen molar-refractivity contribution in [3.63, 3.8) is 0 Å². The quantitative estimate of drug-likeness (QED) is 0.862. The summed E-state index contributed by atoms with van der Waals surface area (Å²) in [5.41, 5.74) is 7.13. The Balaban J connectivity index is 1.96. The first-order chi connectivity index (χ1) is 10.2. The molecule has 1 saturated heterocycles. The maximum absolute atomic E-state index is 11.9. The zero-order valence-electron chi connectivity index (χ0n) is 13.7. The van der Waals surface area contributed by atoms with Gasteiger partial charge in [-0.05, 0) is 39.0 Å². The smallest absolute Gasteiger partial charge is 0.315 e. The first-order valence-corrected chi connectivity index (χ1v) is 8.65. The number of likely N-dealkylation sites (tertiary alicyclic amines) is 1. The predicted molar refractivity (Wildman–Crippen MR) is 86.9 cm³/mol. The van der Waals surface area contributed by atoms with E-state index in [9.17, 15) is 4.79 Å². The molecule has 2 amide bonds. The molecule has 0 aromatic carbocycles. The predicted octanol–water partition coefficient (Wildman–Crippen LogP) is 3.48.